The summed E-state index contributed by atoms with van der Waals surface area (Å²) in [6.45, 7) is 0. The highest BCUT2D eigenvalue weighted by molar-refractivity contribution is 7.80. The molecule has 0 aromatic carbocycles. The molecule has 10 heavy (non-hydrogen) atoms. The second-order valence-corrected chi connectivity index (χ2v) is 1.97. The first kappa shape index (κ1) is 6.90. The monoisotopic (exact) mass is 158 g/mol. The Kier molecular flexibility index (Phi) is 1.78. The van der Waals surface area contributed by atoms with E-state index < -0.39 is 0 Å². The maximum Gasteiger partial charge on any atom is 0.143 e. The molecule has 0 bridgehead atoms. The predicted molar refractivity (Wildman–Crippen MR) is 39.2 cm³/mol. The van der Waals surface area contributed by atoms with E-state index in [1.807, 2.05) is 0 Å². The maximum atomic E-state index is 5.19. The fourth-order valence-electron chi connectivity index (χ4n) is 0.455. The van der Waals surface area contributed by atoms with Gasteiger partial charge in [-0.25, -0.2) is 5.84 Å². The molecule has 1 aromatic rings. The largest absolute Gasteiger partial charge is 0.322 e. The Balaban J connectivity index is 2.85. The van der Waals surface area contributed by atoms with Gasteiger partial charge in [-0.3, -0.25) is 0 Å². The molecule has 0 unspecified atom stereocenters. The number of hydrazine groups is 1. The van der Waals surface area contributed by atoms with Crippen molar-refractivity contribution in [3.8, 4) is 0 Å². The molecule has 0 spiro atoms. The van der Waals surface area contributed by atoms with Gasteiger partial charge in [-0.05, 0) is 5.21 Å². The Morgan fingerprint density at radius 3 is 2.90 bits per heavy atom. The van der Waals surface area contributed by atoms with Gasteiger partial charge < -0.3 is 11.3 Å². The number of nitrogens with one attached hydrogen (secondary N) is 1. The average molecular weight is 158 g/mol. The minimum Gasteiger partial charge on any atom is -0.322 e. The highest BCUT2D eigenvalue weighted by Gasteiger charge is 2.01. The Bertz CT molecular complexity index is 241. The fourth-order valence-corrected chi connectivity index (χ4v) is 0.548. The molecule has 5 N–H and O–H groups in total. The third-order valence-corrected chi connectivity index (χ3v) is 1.20. The van der Waals surface area contributed by atoms with Gasteiger partial charge in [-0.15, -0.1) is 5.10 Å². The van der Waals surface area contributed by atoms with Crippen molar-refractivity contribution in [2.45, 2.75) is 0 Å². The first-order valence-corrected chi connectivity index (χ1v) is 2.83. The number of hydrogen-bond acceptors (Lipinski definition) is 5. The molecule has 1 aromatic heterocycles. The lowest BCUT2D eigenvalue weighted by molar-refractivity contribution is 0.765. The summed E-state index contributed by atoms with van der Waals surface area (Å²) in [7, 11) is 0. The Morgan fingerprint density at radius 2 is 2.50 bits per heavy atom. The van der Waals surface area contributed by atoms with Crippen LogP contribution in [0, 0.1) is 0 Å². The number of rotatable bonds is 1. The van der Waals surface area contributed by atoms with E-state index in [1.54, 1.807) is 0 Å². The van der Waals surface area contributed by atoms with Crippen LogP contribution in [0.25, 0.3) is 0 Å². The Morgan fingerprint density at radius 1 is 1.80 bits per heavy atom. The lowest BCUT2D eigenvalue weighted by Crippen LogP contribution is -2.29. The molecule has 54 valence electrons. The zero-order chi connectivity index (χ0) is 7.56. The number of hydrogen-bond donors (Lipinski definition) is 3. The third-order valence-electron chi connectivity index (χ3n) is 0.874. The molecule has 0 aliphatic rings. The molecule has 0 fully saturated rings. The van der Waals surface area contributed by atoms with Crippen LogP contribution in [0.1, 0.15) is 5.69 Å². The van der Waals surface area contributed by atoms with Gasteiger partial charge in [-0.1, -0.05) is 12.2 Å². The van der Waals surface area contributed by atoms with Crippen molar-refractivity contribution in [1.82, 2.24) is 20.5 Å². The average Bonchev–Trinajstić information content (AvgIpc) is 2.34. The fraction of sp³-hybridized carbons (Fsp3) is 0. The van der Waals surface area contributed by atoms with Crippen molar-refractivity contribution in [2.75, 3.05) is 5.84 Å². The summed E-state index contributed by atoms with van der Waals surface area (Å²) in [6.07, 6.45) is 1.46. The molecule has 0 amide bonds. The van der Waals surface area contributed by atoms with Gasteiger partial charge in [0.15, 0.2) is 0 Å². The van der Waals surface area contributed by atoms with E-state index >= 15 is 0 Å². The van der Waals surface area contributed by atoms with Crippen LogP contribution in [0.4, 0.5) is 0 Å². The van der Waals surface area contributed by atoms with Crippen molar-refractivity contribution in [2.24, 2.45) is 5.84 Å². The smallest absolute Gasteiger partial charge is 0.143 e. The molecular formula is C3H6N6S. The molecule has 1 rings (SSSR count). The standard InChI is InChI=1S/C3H6N6S/c4-6-3(10)2-1-9(5)8-7-2/h1H,4-5H2,(H,6,10). The number of nitrogens with zero attached hydrogens (tertiary/aromatic N) is 3. The van der Waals surface area contributed by atoms with E-state index in [0.29, 0.717) is 10.7 Å². The van der Waals surface area contributed by atoms with Gasteiger partial charge in [0, 0.05) is 0 Å². The van der Waals surface area contributed by atoms with E-state index in [1.165, 1.54) is 6.20 Å². The molecule has 0 aliphatic carbocycles. The van der Waals surface area contributed by atoms with Crippen molar-refractivity contribution in [1.29, 1.82) is 0 Å². The SMILES string of the molecule is NNC(=S)c1cn(N)nn1. The first-order chi connectivity index (χ1) is 4.74. The van der Waals surface area contributed by atoms with Gasteiger partial charge in [0.1, 0.15) is 10.7 Å². The minimum absolute atomic E-state index is 0.316. The highest BCUT2D eigenvalue weighted by atomic mass is 32.1. The molecule has 6 nitrogen and oxygen atoms in total. The molecule has 1 heterocycles. The van der Waals surface area contributed by atoms with E-state index in [2.05, 4.69) is 15.7 Å². The van der Waals surface area contributed by atoms with Gasteiger partial charge in [0.25, 0.3) is 0 Å². The molecular weight excluding hydrogens is 152 g/mol. The second-order valence-electron chi connectivity index (χ2n) is 1.56. The Labute approximate surface area is 62.1 Å². The van der Waals surface area contributed by atoms with Crippen LogP contribution in [-0.4, -0.2) is 20.1 Å². The van der Waals surface area contributed by atoms with Crippen molar-refractivity contribution >= 4 is 17.2 Å². The maximum absolute atomic E-state index is 5.19. The zero-order valence-electron chi connectivity index (χ0n) is 4.98. The van der Waals surface area contributed by atoms with Crippen LogP contribution < -0.4 is 17.1 Å². The number of nitrogens with two attached hydrogens (primary N) is 2. The van der Waals surface area contributed by atoms with Gasteiger partial charge >= 0.3 is 0 Å². The molecule has 0 aliphatic heterocycles. The first-order valence-electron chi connectivity index (χ1n) is 2.42. The van der Waals surface area contributed by atoms with Crippen LogP contribution in [0.2, 0.25) is 0 Å². The van der Waals surface area contributed by atoms with Crippen LogP contribution in [-0.2, 0) is 0 Å². The van der Waals surface area contributed by atoms with Crippen LogP contribution >= 0.6 is 12.2 Å². The van der Waals surface area contributed by atoms with Crippen LogP contribution in [0.5, 0.6) is 0 Å². The molecule has 0 atom stereocenters. The summed E-state index contributed by atoms with van der Waals surface area (Å²) in [4.78, 5) is 1.37. The van der Waals surface area contributed by atoms with Crippen molar-refractivity contribution in [3.05, 3.63) is 11.9 Å². The lowest BCUT2D eigenvalue weighted by Gasteiger charge is -1.92. The van der Waals surface area contributed by atoms with Gasteiger partial charge in [-0.2, -0.15) is 4.79 Å². The zero-order valence-corrected chi connectivity index (χ0v) is 5.80. The minimum atomic E-state index is 0.316. The van der Waals surface area contributed by atoms with Crippen LogP contribution in [0.3, 0.4) is 0 Å². The topological polar surface area (TPSA) is 94.8 Å². The predicted octanol–water partition coefficient (Wildman–Crippen LogP) is -1.87. The second kappa shape index (κ2) is 2.58. The highest BCUT2D eigenvalue weighted by Crippen LogP contribution is 1.88. The molecule has 0 saturated heterocycles. The van der Waals surface area contributed by atoms with E-state index in [-0.39, 0.29) is 0 Å². The lowest BCUT2D eigenvalue weighted by atomic mass is 10.5. The quantitative estimate of drug-likeness (QED) is 0.252. The molecule has 7 heteroatoms. The summed E-state index contributed by atoms with van der Waals surface area (Å²) in [5, 5.41) is 7.04. The Hall–Kier alpha value is -1.21. The van der Waals surface area contributed by atoms with Gasteiger partial charge in [0.05, 0.1) is 6.20 Å². The van der Waals surface area contributed by atoms with Crippen LogP contribution in [0.15, 0.2) is 6.20 Å². The number of aromatic nitrogens is 3. The summed E-state index contributed by atoms with van der Waals surface area (Å²) in [5.74, 6) is 10.2. The number of thiocarbonyl (C=S) groups is 1. The van der Waals surface area contributed by atoms with E-state index in [0.717, 1.165) is 4.79 Å². The molecule has 0 saturated carbocycles. The normalized spacial score (nSPS) is 9.30. The third kappa shape index (κ3) is 1.20. The summed E-state index contributed by atoms with van der Waals surface area (Å²) < 4.78 is 0. The summed E-state index contributed by atoms with van der Waals surface area (Å²) in [6, 6.07) is 0. The number of nitrogen functional groups attached to an aromatic ring is 1. The van der Waals surface area contributed by atoms with E-state index in [4.69, 9.17) is 23.9 Å². The van der Waals surface area contributed by atoms with Crippen molar-refractivity contribution in [3.63, 3.8) is 0 Å². The summed E-state index contributed by atoms with van der Waals surface area (Å²) >= 11 is 4.73. The van der Waals surface area contributed by atoms with E-state index in [9.17, 15) is 0 Å². The van der Waals surface area contributed by atoms with Gasteiger partial charge in [0.2, 0.25) is 0 Å². The summed E-state index contributed by atoms with van der Waals surface area (Å²) in [5.41, 5.74) is 2.71. The molecule has 0 radical (unpaired) electrons. The van der Waals surface area contributed by atoms with Crippen molar-refractivity contribution < 1.29 is 0 Å².